The zero-order valence-corrected chi connectivity index (χ0v) is 14.5. The van der Waals surface area contributed by atoms with Crippen LogP contribution >= 0.6 is 0 Å². The Morgan fingerprint density at radius 3 is 2.18 bits per heavy atom. The molecule has 0 heterocycles. The summed E-state index contributed by atoms with van der Waals surface area (Å²) in [5.74, 6) is -2.31. The number of ether oxygens (including phenoxy) is 1. The summed E-state index contributed by atoms with van der Waals surface area (Å²) in [7, 11) is 0. The summed E-state index contributed by atoms with van der Waals surface area (Å²) >= 11 is 0. The minimum Gasteiger partial charge on any atom is -0.478 e. The van der Waals surface area contributed by atoms with E-state index < -0.39 is 36.4 Å². The lowest BCUT2D eigenvalue weighted by Crippen LogP contribution is -2.40. The van der Waals surface area contributed by atoms with Crippen molar-refractivity contribution in [1.82, 2.24) is 5.32 Å². The summed E-state index contributed by atoms with van der Waals surface area (Å²) in [6.07, 6.45) is -6.82. The number of carbonyl (C=O) groups is 2. The first-order valence-electron chi connectivity index (χ1n) is 8.23. The van der Waals surface area contributed by atoms with E-state index in [1.54, 1.807) is 0 Å². The molecule has 1 amide bonds. The van der Waals surface area contributed by atoms with Crippen LogP contribution in [0.25, 0.3) is 0 Å². The number of carboxylic acids is 1. The minimum absolute atomic E-state index is 0.122. The number of benzene rings is 2. The Morgan fingerprint density at radius 1 is 1.04 bits per heavy atom. The monoisotopic (exact) mass is 399 g/mol. The zero-order valence-electron chi connectivity index (χ0n) is 14.5. The maximum atomic E-state index is 12.9. The van der Waals surface area contributed by atoms with Crippen LogP contribution in [0, 0.1) is 5.82 Å². The van der Waals surface area contributed by atoms with E-state index in [2.05, 4.69) is 5.32 Å². The summed E-state index contributed by atoms with van der Waals surface area (Å²) < 4.78 is 54.8. The Balaban J connectivity index is 1.91. The smallest absolute Gasteiger partial charge is 0.389 e. The molecule has 0 radical (unpaired) electrons. The van der Waals surface area contributed by atoms with Gasteiger partial charge in [-0.3, -0.25) is 4.79 Å². The molecule has 0 aliphatic rings. The number of halogens is 4. The van der Waals surface area contributed by atoms with E-state index in [-0.39, 0.29) is 24.3 Å². The Labute approximate surface area is 157 Å². The summed E-state index contributed by atoms with van der Waals surface area (Å²) in [6.45, 7) is -0.360. The number of nitrogens with one attached hydrogen (secondary N) is 1. The Morgan fingerprint density at radius 2 is 1.64 bits per heavy atom. The molecule has 0 bridgehead atoms. The van der Waals surface area contributed by atoms with Gasteiger partial charge in [-0.1, -0.05) is 12.1 Å². The van der Waals surface area contributed by atoms with Crippen molar-refractivity contribution in [3.63, 3.8) is 0 Å². The van der Waals surface area contributed by atoms with Crippen LogP contribution in [-0.2, 0) is 11.2 Å². The highest BCUT2D eigenvalue weighted by molar-refractivity contribution is 5.94. The molecule has 0 aliphatic carbocycles. The number of carbonyl (C=O) groups excluding carboxylic acids is 1. The van der Waals surface area contributed by atoms with Gasteiger partial charge in [0, 0.05) is 12.0 Å². The van der Waals surface area contributed by atoms with Gasteiger partial charge in [0.25, 0.3) is 5.91 Å². The van der Waals surface area contributed by atoms with Crippen molar-refractivity contribution in [3.8, 4) is 5.75 Å². The highest BCUT2D eigenvalue weighted by Crippen LogP contribution is 2.22. The molecule has 2 aromatic carbocycles. The maximum Gasteiger partial charge on any atom is 0.389 e. The molecule has 1 unspecified atom stereocenters. The minimum atomic E-state index is -4.26. The molecule has 28 heavy (non-hydrogen) atoms. The normalized spacial score (nSPS) is 12.3. The third-order valence-corrected chi connectivity index (χ3v) is 3.73. The second kappa shape index (κ2) is 9.20. The molecule has 0 aliphatic heterocycles. The van der Waals surface area contributed by atoms with Gasteiger partial charge < -0.3 is 15.2 Å². The average molecular weight is 399 g/mol. The summed E-state index contributed by atoms with van der Waals surface area (Å²) in [4.78, 5) is 23.4. The van der Waals surface area contributed by atoms with Gasteiger partial charge in [0.2, 0.25) is 6.10 Å². The van der Waals surface area contributed by atoms with E-state index in [9.17, 15) is 32.3 Å². The lowest BCUT2D eigenvalue weighted by molar-refractivity contribution is -0.144. The van der Waals surface area contributed by atoms with Crippen LogP contribution in [-0.4, -0.2) is 35.8 Å². The number of aryl methyl sites for hydroxylation is 1. The Bertz CT molecular complexity index is 804. The Kier molecular flexibility index (Phi) is 6.97. The van der Waals surface area contributed by atoms with Crippen molar-refractivity contribution >= 4 is 11.9 Å². The third-order valence-electron chi connectivity index (χ3n) is 3.73. The topological polar surface area (TPSA) is 75.6 Å². The highest BCUT2D eigenvalue weighted by atomic mass is 19.4. The van der Waals surface area contributed by atoms with E-state index in [1.807, 2.05) is 0 Å². The fraction of sp³-hybridized carbons (Fsp3) is 0.263. The number of rotatable bonds is 8. The van der Waals surface area contributed by atoms with Crippen LogP contribution in [0.5, 0.6) is 5.75 Å². The first-order chi connectivity index (χ1) is 13.1. The number of alkyl halides is 3. The van der Waals surface area contributed by atoms with Gasteiger partial charge in [-0.2, -0.15) is 13.2 Å². The van der Waals surface area contributed by atoms with Crippen LogP contribution < -0.4 is 10.1 Å². The van der Waals surface area contributed by atoms with Crippen LogP contribution in [0.3, 0.4) is 0 Å². The fourth-order valence-electron chi connectivity index (χ4n) is 2.25. The molecular formula is C19H17F4NO4. The lowest BCUT2D eigenvalue weighted by atomic mass is 10.1. The van der Waals surface area contributed by atoms with Crippen molar-refractivity contribution in [2.24, 2.45) is 0 Å². The van der Waals surface area contributed by atoms with Crippen LogP contribution in [0.2, 0.25) is 0 Å². The van der Waals surface area contributed by atoms with Crippen molar-refractivity contribution in [2.45, 2.75) is 25.1 Å². The van der Waals surface area contributed by atoms with E-state index in [4.69, 9.17) is 4.74 Å². The molecule has 0 aromatic heterocycles. The Hall–Kier alpha value is -3.10. The number of hydrogen-bond donors (Lipinski definition) is 2. The van der Waals surface area contributed by atoms with Gasteiger partial charge in [0.15, 0.2) is 0 Å². The number of aliphatic carboxylic acids is 1. The molecule has 2 N–H and O–H groups in total. The third kappa shape index (κ3) is 6.90. The van der Waals surface area contributed by atoms with E-state index in [1.165, 1.54) is 36.4 Å². The van der Waals surface area contributed by atoms with E-state index in [0.717, 1.165) is 12.1 Å². The molecule has 5 nitrogen and oxygen atoms in total. The predicted molar refractivity (Wildman–Crippen MR) is 91.6 cm³/mol. The maximum absolute atomic E-state index is 12.9. The fourth-order valence-corrected chi connectivity index (χ4v) is 2.25. The standard InChI is InChI=1S/C19H17F4NO4/c20-14-5-7-15(8-6-14)28-16(18(26)27)11-24-17(25)13-3-1-12(2-4-13)9-10-19(21,22)23/h1-8,16H,9-11H2,(H,24,25)(H,26,27). The molecule has 150 valence electrons. The van der Waals surface area contributed by atoms with Crippen molar-refractivity contribution in [1.29, 1.82) is 0 Å². The first kappa shape index (κ1) is 21.2. The molecular weight excluding hydrogens is 382 g/mol. The van der Waals surface area contributed by atoms with Crippen molar-refractivity contribution in [2.75, 3.05) is 6.54 Å². The van der Waals surface area contributed by atoms with E-state index >= 15 is 0 Å². The van der Waals surface area contributed by atoms with E-state index in [0.29, 0.717) is 5.56 Å². The molecule has 0 saturated heterocycles. The second-order valence-electron chi connectivity index (χ2n) is 5.92. The first-order valence-corrected chi connectivity index (χ1v) is 8.23. The molecule has 2 aromatic rings. The molecule has 1 atom stereocenters. The molecule has 0 saturated carbocycles. The molecule has 9 heteroatoms. The molecule has 2 rings (SSSR count). The summed E-state index contributed by atoms with van der Waals surface area (Å²) in [6, 6.07) is 10.3. The quantitative estimate of drug-likeness (QED) is 0.666. The highest BCUT2D eigenvalue weighted by Gasteiger charge is 2.26. The van der Waals surface area contributed by atoms with Crippen LogP contribution in [0.4, 0.5) is 17.6 Å². The van der Waals surface area contributed by atoms with Gasteiger partial charge in [-0.05, 0) is 48.4 Å². The van der Waals surface area contributed by atoms with Crippen LogP contribution in [0.15, 0.2) is 48.5 Å². The van der Waals surface area contributed by atoms with Gasteiger partial charge in [0.05, 0.1) is 6.54 Å². The lowest BCUT2D eigenvalue weighted by Gasteiger charge is -2.16. The number of carboxylic acid groups (broad SMARTS) is 1. The molecule has 0 spiro atoms. The van der Waals surface area contributed by atoms with Gasteiger partial charge in [0.1, 0.15) is 11.6 Å². The summed E-state index contributed by atoms with van der Waals surface area (Å²) in [5, 5.41) is 11.6. The van der Waals surface area contributed by atoms with Crippen molar-refractivity contribution in [3.05, 3.63) is 65.5 Å². The predicted octanol–water partition coefficient (Wildman–Crippen LogP) is 3.58. The van der Waals surface area contributed by atoms with Gasteiger partial charge in [-0.15, -0.1) is 0 Å². The zero-order chi connectivity index (χ0) is 20.7. The number of amides is 1. The van der Waals surface area contributed by atoms with Crippen molar-refractivity contribution < 1.29 is 37.0 Å². The SMILES string of the molecule is O=C(NCC(Oc1ccc(F)cc1)C(=O)O)c1ccc(CCC(F)(F)F)cc1. The summed E-state index contributed by atoms with van der Waals surface area (Å²) in [5.41, 5.74) is 0.596. The number of hydrogen-bond acceptors (Lipinski definition) is 3. The van der Waals surface area contributed by atoms with Gasteiger partial charge in [-0.25, -0.2) is 9.18 Å². The second-order valence-corrected chi connectivity index (χ2v) is 5.92. The van der Waals surface area contributed by atoms with Gasteiger partial charge >= 0.3 is 12.1 Å². The average Bonchev–Trinajstić information content (AvgIpc) is 2.64. The van der Waals surface area contributed by atoms with Crippen LogP contribution in [0.1, 0.15) is 22.3 Å². The largest absolute Gasteiger partial charge is 0.478 e. The molecule has 0 fully saturated rings.